The summed E-state index contributed by atoms with van der Waals surface area (Å²) in [4.78, 5) is 12.6. The lowest BCUT2D eigenvalue weighted by atomic mass is 10.1. The second-order valence-electron chi connectivity index (χ2n) is 5.43. The van der Waals surface area contributed by atoms with Gasteiger partial charge in [-0.05, 0) is 43.3 Å². The minimum absolute atomic E-state index is 0.0523. The van der Waals surface area contributed by atoms with Crippen molar-refractivity contribution >= 4 is 22.6 Å². The van der Waals surface area contributed by atoms with Crippen molar-refractivity contribution in [3.8, 4) is 5.75 Å². The normalized spacial score (nSPS) is 11.6. The smallest absolute Gasteiger partial charge is 0.416 e. The van der Waals surface area contributed by atoms with Gasteiger partial charge < -0.3 is 14.5 Å². The Labute approximate surface area is 141 Å². The van der Waals surface area contributed by atoms with Gasteiger partial charge in [0.15, 0.2) is 0 Å². The molecule has 0 saturated carbocycles. The molecule has 0 unspecified atom stereocenters. The molecule has 3 rings (SSSR count). The molecule has 0 bridgehead atoms. The van der Waals surface area contributed by atoms with E-state index < -0.39 is 17.6 Å². The fourth-order valence-electron chi connectivity index (χ4n) is 2.58. The minimum atomic E-state index is -4.48. The van der Waals surface area contributed by atoms with Gasteiger partial charge >= 0.3 is 6.18 Å². The number of carbonyl (C=O) groups excluding carboxylic acids is 1. The molecule has 0 radical (unpaired) electrons. The summed E-state index contributed by atoms with van der Waals surface area (Å²) < 4.78 is 49.1. The molecule has 7 heteroatoms. The molecule has 0 aliphatic carbocycles. The quantitative estimate of drug-likeness (QED) is 0.722. The highest BCUT2D eigenvalue weighted by atomic mass is 19.4. The Morgan fingerprint density at radius 3 is 2.60 bits per heavy atom. The monoisotopic (exact) mass is 349 g/mol. The number of ether oxygens (including phenoxy) is 1. The fourth-order valence-corrected chi connectivity index (χ4v) is 2.58. The molecular weight excluding hydrogens is 335 g/mol. The molecule has 0 spiro atoms. The van der Waals surface area contributed by atoms with E-state index in [1.807, 2.05) is 0 Å². The summed E-state index contributed by atoms with van der Waals surface area (Å²) in [6.07, 6.45) is -4.48. The molecule has 25 heavy (non-hydrogen) atoms. The summed E-state index contributed by atoms with van der Waals surface area (Å²) >= 11 is 0. The first-order valence-electron chi connectivity index (χ1n) is 7.35. The van der Waals surface area contributed by atoms with Crippen molar-refractivity contribution in [2.24, 2.45) is 0 Å². The van der Waals surface area contributed by atoms with Gasteiger partial charge in [0.1, 0.15) is 17.1 Å². The number of methoxy groups -OCH3 is 1. The number of hydrogen-bond acceptors (Lipinski definition) is 3. The van der Waals surface area contributed by atoms with E-state index in [9.17, 15) is 18.0 Å². The number of furan rings is 1. The fraction of sp³-hybridized carbons (Fsp3) is 0.167. The average molecular weight is 349 g/mol. The number of carbonyl (C=O) groups is 1. The van der Waals surface area contributed by atoms with Crippen LogP contribution in [0.4, 0.5) is 18.9 Å². The van der Waals surface area contributed by atoms with E-state index in [0.29, 0.717) is 22.5 Å². The number of anilines is 1. The third kappa shape index (κ3) is 3.31. The zero-order valence-corrected chi connectivity index (χ0v) is 13.4. The van der Waals surface area contributed by atoms with Gasteiger partial charge in [-0.25, -0.2) is 0 Å². The van der Waals surface area contributed by atoms with Crippen molar-refractivity contribution in [2.75, 3.05) is 12.4 Å². The molecule has 1 amide bonds. The Morgan fingerprint density at radius 1 is 1.16 bits per heavy atom. The number of aryl methyl sites for hydroxylation is 1. The first kappa shape index (κ1) is 16.9. The maximum absolute atomic E-state index is 12.8. The van der Waals surface area contributed by atoms with Crippen LogP contribution in [0.3, 0.4) is 0 Å². The number of rotatable bonds is 3. The van der Waals surface area contributed by atoms with Crippen molar-refractivity contribution in [1.29, 1.82) is 0 Å². The summed E-state index contributed by atoms with van der Waals surface area (Å²) in [5.41, 5.74) is -0.0315. The van der Waals surface area contributed by atoms with E-state index in [1.54, 1.807) is 25.1 Å². The molecule has 0 fully saturated rings. The van der Waals surface area contributed by atoms with Crippen molar-refractivity contribution in [3.05, 3.63) is 59.4 Å². The SMILES string of the molecule is COc1ccc2oc(C)c(C(=O)Nc3cccc(C(F)(F)F)c3)c2c1. The molecule has 0 atom stereocenters. The molecule has 3 aromatic rings. The van der Waals surface area contributed by atoms with Crippen LogP contribution in [0.25, 0.3) is 11.0 Å². The standard InChI is InChI=1S/C18H14F3NO3/c1-10-16(14-9-13(24-2)6-7-15(14)25-10)17(23)22-12-5-3-4-11(8-12)18(19,20)21/h3-9H,1-2H3,(H,22,23). The second kappa shape index (κ2) is 6.16. The maximum atomic E-state index is 12.8. The third-order valence-electron chi connectivity index (χ3n) is 3.75. The first-order chi connectivity index (χ1) is 11.8. The Hall–Kier alpha value is -2.96. The Bertz CT molecular complexity index is 944. The van der Waals surface area contributed by atoms with Gasteiger partial charge in [0, 0.05) is 11.1 Å². The largest absolute Gasteiger partial charge is 0.497 e. The van der Waals surface area contributed by atoms with Crippen LogP contribution in [0.5, 0.6) is 5.75 Å². The maximum Gasteiger partial charge on any atom is 0.416 e. The van der Waals surface area contributed by atoms with Crippen molar-refractivity contribution in [1.82, 2.24) is 0 Å². The molecule has 1 heterocycles. The lowest BCUT2D eigenvalue weighted by Gasteiger charge is -2.10. The average Bonchev–Trinajstić information content (AvgIpc) is 2.89. The van der Waals surface area contributed by atoms with Gasteiger partial charge in [0.25, 0.3) is 5.91 Å². The van der Waals surface area contributed by atoms with Crippen LogP contribution in [0, 0.1) is 6.92 Å². The number of nitrogens with one attached hydrogen (secondary N) is 1. The molecule has 0 aliphatic heterocycles. The van der Waals surface area contributed by atoms with Gasteiger partial charge in [-0.1, -0.05) is 6.07 Å². The number of amides is 1. The molecule has 0 saturated heterocycles. The van der Waals surface area contributed by atoms with Gasteiger partial charge in [0.05, 0.1) is 18.2 Å². The van der Waals surface area contributed by atoms with Crippen molar-refractivity contribution < 1.29 is 27.1 Å². The Balaban J connectivity index is 1.97. The van der Waals surface area contributed by atoms with E-state index in [-0.39, 0.29) is 11.3 Å². The van der Waals surface area contributed by atoms with E-state index in [1.165, 1.54) is 19.2 Å². The summed E-state index contributed by atoms with van der Waals surface area (Å²) in [5, 5.41) is 3.02. The summed E-state index contributed by atoms with van der Waals surface area (Å²) in [7, 11) is 1.50. The van der Waals surface area contributed by atoms with Gasteiger partial charge in [-0.15, -0.1) is 0 Å². The number of benzene rings is 2. The number of alkyl halides is 3. The van der Waals surface area contributed by atoms with Gasteiger partial charge in [0.2, 0.25) is 0 Å². The number of hydrogen-bond donors (Lipinski definition) is 1. The predicted octanol–water partition coefficient (Wildman–Crippen LogP) is 5.02. The lowest BCUT2D eigenvalue weighted by molar-refractivity contribution is -0.137. The van der Waals surface area contributed by atoms with Crippen molar-refractivity contribution in [3.63, 3.8) is 0 Å². The van der Waals surface area contributed by atoms with E-state index in [0.717, 1.165) is 12.1 Å². The number of fused-ring (bicyclic) bond motifs is 1. The highest BCUT2D eigenvalue weighted by molar-refractivity contribution is 6.13. The van der Waals surface area contributed by atoms with Crippen molar-refractivity contribution in [2.45, 2.75) is 13.1 Å². The molecule has 1 aromatic heterocycles. The van der Waals surface area contributed by atoms with Gasteiger partial charge in [-0.2, -0.15) is 13.2 Å². The lowest BCUT2D eigenvalue weighted by Crippen LogP contribution is -2.13. The van der Waals surface area contributed by atoms with E-state index >= 15 is 0 Å². The van der Waals surface area contributed by atoms with Gasteiger partial charge in [-0.3, -0.25) is 4.79 Å². The van der Waals surface area contributed by atoms with Crippen LogP contribution < -0.4 is 10.1 Å². The van der Waals surface area contributed by atoms with E-state index in [2.05, 4.69) is 5.32 Å². The van der Waals surface area contributed by atoms with Crippen LogP contribution in [0.1, 0.15) is 21.7 Å². The topological polar surface area (TPSA) is 51.5 Å². The summed E-state index contributed by atoms with van der Waals surface area (Å²) in [6, 6.07) is 9.47. The Kier molecular flexibility index (Phi) is 4.16. The molecule has 2 aromatic carbocycles. The molecule has 130 valence electrons. The van der Waals surface area contributed by atoms with Crippen LogP contribution in [-0.4, -0.2) is 13.0 Å². The summed E-state index contributed by atoms with van der Waals surface area (Å²) in [6.45, 7) is 1.62. The summed E-state index contributed by atoms with van der Waals surface area (Å²) in [5.74, 6) is 0.359. The zero-order chi connectivity index (χ0) is 18.2. The zero-order valence-electron chi connectivity index (χ0n) is 13.4. The highest BCUT2D eigenvalue weighted by Gasteiger charge is 2.30. The van der Waals surface area contributed by atoms with Crippen LogP contribution >= 0.6 is 0 Å². The first-order valence-corrected chi connectivity index (χ1v) is 7.35. The van der Waals surface area contributed by atoms with Crippen LogP contribution in [0.2, 0.25) is 0 Å². The minimum Gasteiger partial charge on any atom is -0.497 e. The highest BCUT2D eigenvalue weighted by Crippen LogP contribution is 2.32. The molecule has 0 aliphatic rings. The van der Waals surface area contributed by atoms with Crippen LogP contribution in [-0.2, 0) is 6.18 Å². The molecule has 1 N–H and O–H groups in total. The second-order valence-corrected chi connectivity index (χ2v) is 5.43. The van der Waals surface area contributed by atoms with Crippen LogP contribution in [0.15, 0.2) is 46.9 Å². The Morgan fingerprint density at radius 2 is 1.92 bits per heavy atom. The van der Waals surface area contributed by atoms with E-state index in [4.69, 9.17) is 9.15 Å². The predicted molar refractivity (Wildman–Crippen MR) is 86.9 cm³/mol. The molecule has 4 nitrogen and oxygen atoms in total. The number of halogens is 3. The molecular formula is C18H14F3NO3. The third-order valence-corrected chi connectivity index (χ3v) is 3.75.